The van der Waals surface area contributed by atoms with E-state index in [4.69, 9.17) is 9.60 Å². The summed E-state index contributed by atoms with van der Waals surface area (Å²) in [4.78, 5) is 26.6. The lowest BCUT2D eigenvalue weighted by Crippen LogP contribution is -2.20. The number of fused-ring (bicyclic) bond motifs is 1. The third-order valence-corrected chi connectivity index (χ3v) is 6.47. The summed E-state index contributed by atoms with van der Waals surface area (Å²) in [6, 6.07) is -2.60. The summed E-state index contributed by atoms with van der Waals surface area (Å²) >= 11 is 0. The standard InChI is InChI=1S/C31H44O2/c1-22(2)12-9-13-23(3)14-10-15-24(4)16-11-17-25(5)20-21-27-26(6)30(32)28-18-7-8-19-29(28)31(27)33/h7-8,12,18-20,23-24H,9-11,13-17,21H2,1-6H3/b25-20+/i6D3,7D,8D,18D,19D. The van der Waals surface area contributed by atoms with Crippen LogP contribution in [-0.4, -0.2) is 11.6 Å². The Morgan fingerprint density at radius 3 is 2.15 bits per heavy atom. The van der Waals surface area contributed by atoms with Gasteiger partial charge < -0.3 is 0 Å². The van der Waals surface area contributed by atoms with Crippen LogP contribution >= 0.6 is 0 Å². The van der Waals surface area contributed by atoms with Gasteiger partial charge in [-0.2, -0.15) is 0 Å². The first-order valence-corrected chi connectivity index (χ1v) is 12.3. The summed E-state index contributed by atoms with van der Waals surface area (Å²) in [7, 11) is 0. The van der Waals surface area contributed by atoms with E-state index >= 15 is 0 Å². The SMILES string of the molecule is [2H]c1c([2H])c([2H])c2c(c1[2H])C(=O)C(C/C=C(\C)CCCC(C)CCCC(C)CCC=C(C)C)=C(C([2H])([2H])[2H])C2=O. The van der Waals surface area contributed by atoms with Crippen molar-refractivity contribution in [2.75, 3.05) is 0 Å². The monoisotopic (exact) mass is 455 g/mol. The molecule has 2 rings (SSSR count). The molecule has 33 heavy (non-hydrogen) atoms. The maximum atomic E-state index is 13.4. The normalized spacial score (nSPS) is 19.4. The minimum atomic E-state index is -2.89. The van der Waals surface area contributed by atoms with E-state index in [1.54, 1.807) is 6.08 Å². The van der Waals surface area contributed by atoms with E-state index in [2.05, 4.69) is 33.8 Å². The molecule has 0 radical (unpaired) electrons. The quantitative estimate of drug-likeness (QED) is 0.278. The van der Waals surface area contributed by atoms with Gasteiger partial charge in [-0.15, -0.1) is 0 Å². The lowest BCUT2D eigenvalue weighted by molar-refractivity contribution is 0.0973. The van der Waals surface area contributed by atoms with Gasteiger partial charge in [0.05, 0.1) is 5.48 Å². The Labute approximate surface area is 212 Å². The molecule has 180 valence electrons. The highest BCUT2D eigenvalue weighted by Crippen LogP contribution is 2.29. The maximum absolute atomic E-state index is 13.4. The van der Waals surface area contributed by atoms with Crippen molar-refractivity contribution in [2.45, 2.75) is 99.3 Å². The molecule has 1 aromatic rings. The summed E-state index contributed by atoms with van der Waals surface area (Å²) < 4.78 is 55.7. The fourth-order valence-electron chi connectivity index (χ4n) is 4.24. The average Bonchev–Trinajstić information content (AvgIpc) is 2.85. The second kappa shape index (κ2) is 13.5. The molecule has 2 nitrogen and oxygen atoms in total. The highest BCUT2D eigenvalue weighted by molar-refractivity contribution is 6.26. The molecular formula is C31H44O2. The topological polar surface area (TPSA) is 34.1 Å². The van der Waals surface area contributed by atoms with Gasteiger partial charge in [-0.1, -0.05) is 87.0 Å². The zero-order valence-corrected chi connectivity index (χ0v) is 21.0. The molecule has 0 saturated heterocycles. The Morgan fingerprint density at radius 1 is 0.909 bits per heavy atom. The van der Waals surface area contributed by atoms with Crippen LogP contribution in [0.5, 0.6) is 0 Å². The number of benzene rings is 1. The van der Waals surface area contributed by atoms with E-state index in [1.165, 1.54) is 31.3 Å². The Bertz CT molecular complexity index is 1200. The van der Waals surface area contributed by atoms with Gasteiger partial charge in [-0.25, -0.2) is 0 Å². The second-order valence-corrected chi connectivity index (χ2v) is 9.91. The van der Waals surface area contributed by atoms with Gasteiger partial charge in [-0.3, -0.25) is 9.59 Å². The van der Waals surface area contributed by atoms with Gasteiger partial charge in [0.15, 0.2) is 11.6 Å². The third kappa shape index (κ3) is 8.57. The van der Waals surface area contributed by atoms with Crippen LogP contribution in [0, 0.1) is 11.8 Å². The molecule has 0 fully saturated rings. The molecule has 0 heterocycles. The first-order chi connectivity index (χ1) is 18.6. The molecule has 0 aromatic heterocycles. The second-order valence-electron chi connectivity index (χ2n) is 9.91. The molecule has 2 atom stereocenters. The molecule has 1 aliphatic carbocycles. The maximum Gasteiger partial charge on any atom is 0.190 e. The molecule has 0 saturated carbocycles. The minimum Gasteiger partial charge on any atom is -0.289 e. The summed E-state index contributed by atoms with van der Waals surface area (Å²) in [6.45, 7) is 7.89. The van der Waals surface area contributed by atoms with Crippen molar-refractivity contribution in [2.24, 2.45) is 11.8 Å². The van der Waals surface area contributed by atoms with Crippen molar-refractivity contribution in [3.05, 3.63) is 69.7 Å². The summed E-state index contributed by atoms with van der Waals surface area (Å²) in [6.07, 6.45) is 12.8. The van der Waals surface area contributed by atoms with Crippen LogP contribution in [0.3, 0.4) is 0 Å². The van der Waals surface area contributed by atoms with Gasteiger partial charge in [0.2, 0.25) is 0 Å². The molecule has 0 bridgehead atoms. The van der Waals surface area contributed by atoms with E-state index in [0.717, 1.165) is 37.2 Å². The number of hydrogen-bond donors (Lipinski definition) is 0. The summed E-state index contributed by atoms with van der Waals surface area (Å²) in [5, 5.41) is 0. The Hall–Kier alpha value is -2.22. The number of carbonyl (C=O) groups excluding carboxylic acids is 2. The van der Waals surface area contributed by atoms with E-state index in [0.29, 0.717) is 5.92 Å². The highest BCUT2D eigenvalue weighted by atomic mass is 16.1. The number of hydrogen-bond acceptors (Lipinski definition) is 2. The minimum absolute atomic E-state index is 0.0769. The van der Waals surface area contributed by atoms with Crippen LogP contribution in [-0.2, 0) is 0 Å². The van der Waals surface area contributed by atoms with E-state index < -0.39 is 59.3 Å². The van der Waals surface area contributed by atoms with E-state index in [9.17, 15) is 9.59 Å². The smallest absolute Gasteiger partial charge is 0.190 e. The molecule has 1 aromatic carbocycles. The van der Waals surface area contributed by atoms with Gasteiger partial charge in [0.1, 0.15) is 0 Å². The molecule has 0 aliphatic heterocycles. The number of ketones is 2. The fraction of sp³-hybridized carbons (Fsp3) is 0.548. The molecular weight excluding hydrogens is 404 g/mol. The predicted molar refractivity (Wildman–Crippen MR) is 141 cm³/mol. The van der Waals surface area contributed by atoms with Gasteiger partial charge in [0, 0.05) is 26.4 Å². The van der Waals surface area contributed by atoms with Crippen LogP contribution in [0.4, 0.5) is 0 Å². The zero-order valence-electron chi connectivity index (χ0n) is 28.0. The zero-order chi connectivity index (χ0) is 30.4. The van der Waals surface area contributed by atoms with E-state index in [1.807, 2.05) is 6.92 Å². The first kappa shape index (κ1) is 18.2. The Kier molecular flexibility index (Phi) is 7.41. The summed E-state index contributed by atoms with van der Waals surface area (Å²) in [5.74, 6) is -0.514. The van der Waals surface area contributed by atoms with Gasteiger partial charge in [-0.05, 0) is 71.6 Å². The largest absolute Gasteiger partial charge is 0.289 e. The van der Waals surface area contributed by atoms with Crippen LogP contribution in [0.25, 0.3) is 0 Å². The Balaban J connectivity index is 2.04. The van der Waals surface area contributed by atoms with Crippen molar-refractivity contribution in [1.82, 2.24) is 0 Å². The van der Waals surface area contributed by atoms with Crippen LogP contribution in [0.15, 0.2) is 58.6 Å². The molecule has 0 amide bonds. The van der Waals surface area contributed by atoms with Crippen LogP contribution in [0.1, 0.15) is 130 Å². The summed E-state index contributed by atoms with van der Waals surface area (Å²) in [5.41, 5.74) is 0.503. The highest BCUT2D eigenvalue weighted by Gasteiger charge is 2.28. The van der Waals surface area contributed by atoms with Gasteiger partial charge >= 0.3 is 0 Å². The Morgan fingerprint density at radius 2 is 1.52 bits per heavy atom. The first-order valence-electron chi connectivity index (χ1n) is 15.8. The molecule has 0 spiro atoms. The number of Topliss-reactive ketones (excluding diaryl/α,β-unsaturated/α-hetero) is 2. The van der Waals surface area contributed by atoms with Crippen molar-refractivity contribution in [3.63, 3.8) is 0 Å². The number of carbonyl (C=O) groups is 2. The van der Waals surface area contributed by atoms with Crippen LogP contribution < -0.4 is 0 Å². The van der Waals surface area contributed by atoms with E-state index in [-0.39, 0.29) is 12.0 Å². The fourth-order valence-corrected chi connectivity index (χ4v) is 4.24. The van der Waals surface area contributed by atoms with Crippen molar-refractivity contribution in [1.29, 1.82) is 0 Å². The number of rotatable bonds is 13. The molecule has 2 unspecified atom stereocenters. The van der Waals surface area contributed by atoms with Crippen molar-refractivity contribution in [3.8, 4) is 0 Å². The van der Waals surface area contributed by atoms with Crippen molar-refractivity contribution >= 4 is 11.6 Å². The van der Waals surface area contributed by atoms with Crippen LogP contribution in [0.2, 0.25) is 0 Å². The third-order valence-electron chi connectivity index (χ3n) is 6.47. The molecule has 2 heteroatoms. The molecule has 1 aliphatic rings. The van der Waals surface area contributed by atoms with Gasteiger partial charge in [0.25, 0.3) is 0 Å². The van der Waals surface area contributed by atoms with Crippen molar-refractivity contribution < 1.29 is 19.2 Å². The molecule has 0 N–H and O–H groups in total. The lowest BCUT2D eigenvalue weighted by atomic mass is 9.83. The predicted octanol–water partition coefficient (Wildman–Crippen LogP) is 9.08. The number of allylic oxidation sites excluding steroid dienone is 6. The average molecular weight is 456 g/mol. The lowest BCUT2D eigenvalue weighted by Gasteiger charge is -2.18.